The molecule has 0 radical (unpaired) electrons. The largest absolute Gasteiger partial charge is 0.425 e. The number of carbonyl (C=O) groups is 1. The molecule has 0 fully saturated rings. The number of rotatable bonds is 2. The molecule has 0 aliphatic rings. The SMILES string of the molecule is [2H]c1c([2H])c([2H])c(OC(=O)[C@@]([2H])(N)C([2H])[2H])c([2H])c1[2H]. The summed E-state index contributed by atoms with van der Waals surface area (Å²) in [6.07, 6.45) is 0. The van der Waals surface area contributed by atoms with E-state index in [0.29, 0.717) is 0 Å². The average molecular weight is 173 g/mol. The van der Waals surface area contributed by atoms with Gasteiger partial charge in [0, 0.05) is 2.74 Å². The van der Waals surface area contributed by atoms with Crippen molar-refractivity contribution in [3.05, 3.63) is 30.2 Å². The Kier molecular flexibility index (Phi) is 0.921. The Morgan fingerprint density at radius 1 is 1.75 bits per heavy atom. The number of esters is 1. The molecule has 0 amide bonds. The lowest BCUT2D eigenvalue weighted by Crippen LogP contribution is -2.30. The highest BCUT2D eigenvalue weighted by Crippen LogP contribution is 2.08. The maximum atomic E-state index is 11.6. The summed E-state index contributed by atoms with van der Waals surface area (Å²) in [6.45, 7) is -2.07. The lowest BCUT2D eigenvalue weighted by atomic mass is 10.3. The third-order valence-electron chi connectivity index (χ3n) is 0.908. The van der Waals surface area contributed by atoms with Gasteiger partial charge in [0.1, 0.15) is 11.8 Å². The number of hydrogen-bond donors (Lipinski definition) is 1. The van der Waals surface area contributed by atoms with Crippen LogP contribution in [0.3, 0.4) is 0 Å². The summed E-state index contributed by atoms with van der Waals surface area (Å²) < 4.78 is 62.8. The number of nitrogens with two attached hydrogens (primary N) is 1. The molecular weight excluding hydrogens is 154 g/mol. The van der Waals surface area contributed by atoms with Crippen molar-refractivity contribution in [1.82, 2.24) is 0 Å². The molecule has 3 heteroatoms. The number of hydrogen-bond acceptors (Lipinski definition) is 3. The summed E-state index contributed by atoms with van der Waals surface area (Å²) in [5.41, 5.74) is 5.12. The van der Waals surface area contributed by atoms with Gasteiger partial charge in [0.25, 0.3) is 0 Å². The minimum absolute atomic E-state index is 0.663. The molecule has 1 atom stereocenters. The van der Waals surface area contributed by atoms with Crippen LogP contribution in [0.5, 0.6) is 5.75 Å². The zero-order valence-electron chi connectivity index (χ0n) is 14.0. The Morgan fingerprint density at radius 3 is 3.00 bits per heavy atom. The van der Waals surface area contributed by atoms with Crippen molar-refractivity contribution in [3.8, 4) is 5.75 Å². The van der Waals surface area contributed by atoms with Crippen LogP contribution in [0, 0.1) is 0 Å². The van der Waals surface area contributed by atoms with Crippen LogP contribution >= 0.6 is 0 Å². The summed E-state index contributed by atoms with van der Waals surface area (Å²) >= 11 is 0. The number of benzene rings is 1. The van der Waals surface area contributed by atoms with E-state index >= 15 is 0 Å². The summed E-state index contributed by atoms with van der Waals surface area (Å²) in [7, 11) is 0. The lowest BCUT2D eigenvalue weighted by Gasteiger charge is -2.05. The van der Waals surface area contributed by atoms with Gasteiger partial charge in [-0.1, -0.05) is 18.1 Å². The highest BCUT2D eigenvalue weighted by atomic mass is 16.5. The van der Waals surface area contributed by atoms with Crippen LogP contribution in [0.15, 0.2) is 30.2 Å². The van der Waals surface area contributed by atoms with Gasteiger partial charge in [0.2, 0.25) is 0 Å². The van der Waals surface area contributed by atoms with Gasteiger partial charge in [-0.15, -0.1) is 0 Å². The molecule has 0 spiro atoms. The number of ether oxygens (including phenoxy) is 1. The van der Waals surface area contributed by atoms with E-state index in [1.54, 1.807) is 0 Å². The van der Waals surface area contributed by atoms with Gasteiger partial charge in [-0.3, -0.25) is 0 Å². The third-order valence-corrected chi connectivity index (χ3v) is 0.908. The molecule has 0 saturated heterocycles. The average Bonchev–Trinajstić information content (AvgIpc) is 2.38. The van der Waals surface area contributed by atoms with Gasteiger partial charge >= 0.3 is 5.97 Å². The van der Waals surface area contributed by atoms with Crippen LogP contribution in [-0.4, -0.2) is 12.0 Å². The fourth-order valence-electron chi connectivity index (χ4n) is 0.441. The Bertz CT molecular complexity index is 530. The molecule has 0 bridgehead atoms. The molecular formula is C9H11NO2. The molecule has 0 unspecified atom stereocenters. The van der Waals surface area contributed by atoms with Gasteiger partial charge < -0.3 is 10.5 Å². The smallest absolute Gasteiger partial charge is 0.328 e. The Hall–Kier alpha value is -1.35. The van der Waals surface area contributed by atoms with Crippen molar-refractivity contribution < 1.29 is 20.5 Å². The summed E-state index contributed by atoms with van der Waals surface area (Å²) in [4.78, 5) is 11.6. The summed E-state index contributed by atoms with van der Waals surface area (Å²) in [6, 6.07) is -6.37. The minimum atomic E-state index is -2.73. The van der Waals surface area contributed by atoms with Crippen molar-refractivity contribution in [3.63, 3.8) is 0 Å². The minimum Gasteiger partial charge on any atom is -0.425 e. The Balaban J connectivity index is 3.27. The molecule has 12 heavy (non-hydrogen) atoms. The van der Waals surface area contributed by atoms with E-state index in [9.17, 15) is 4.79 Å². The zero-order valence-corrected chi connectivity index (χ0v) is 5.97. The molecule has 1 rings (SSSR count). The van der Waals surface area contributed by atoms with Crippen LogP contribution in [0.2, 0.25) is 0 Å². The fourth-order valence-corrected chi connectivity index (χ4v) is 0.441. The second-order valence-corrected chi connectivity index (χ2v) is 1.80. The van der Waals surface area contributed by atoms with Crippen LogP contribution in [0.4, 0.5) is 0 Å². The van der Waals surface area contributed by atoms with E-state index in [0.717, 1.165) is 0 Å². The molecule has 1 aromatic rings. The summed E-state index contributed by atoms with van der Waals surface area (Å²) in [5, 5.41) is 0. The van der Waals surface area contributed by atoms with E-state index in [4.69, 9.17) is 16.7 Å². The molecule has 1 aromatic carbocycles. The van der Waals surface area contributed by atoms with Crippen molar-refractivity contribution in [2.75, 3.05) is 0 Å². The molecule has 0 saturated carbocycles. The normalized spacial score (nSPS) is 24.5. The highest BCUT2D eigenvalue weighted by molar-refractivity contribution is 5.77. The zero-order chi connectivity index (χ0) is 15.8. The number of carbonyl (C=O) groups excluding carboxylic acids is 1. The molecule has 64 valence electrons. The van der Waals surface area contributed by atoms with E-state index in [1.807, 2.05) is 0 Å². The van der Waals surface area contributed by atoms with Crippen LogP contribution < -0.4 is 10.5 Å². The molecule has 0 aliphatic heterocycles. The first-order chi connectivity index (χ1) is 9.01. The maximum Gasteiger partial charge on any atom is 0.328 e. The van der Waals surface area contributed by atoms with E-state index < -0.39 is 54.8 Å². The van der Waals surface area contributed by atoms with E-state index in [2.05, 4.69) is 4.74 Å². The van der Waals surface area contributed by atoms with E-state index in [-0.39, 0.29) is 0 Å². The Morgan fingerprint density at radius 2 is 2.42 bits per heavy atom. The van der Waals surface area contributed by atoms with Crippen molar-refractivity contribution in [1.29, 1.82) is 0 Å². The Labute approximate surface area is 82.4 Å². The molecule has 0 heterocycles. The first-order valence-electron chi connectivity index (χ1n) is 7.09. The second-order valence-electron chi connectivity index (χ2n) is 1.80. The number of para-hydroxylation sites is 1. The molecule has 3 nitrogen and oxygen atoms in total. The highest BCUT2D eigenvalue weighted by Gasteiger charge is 2.08. The molecule has 2 N–H and O–H groups in total. The van der Waals surface area contributed by atoms with Gasteiger partial charge in [-0.05, 0) is 19.0 Å². The van der Waals surface area contributed by atoms with Crippen molar-refractivity contribution in [2.45, 2.75) is 12.9 Å². The van der Waals surface area contributed by atoms with Gasteiger partial charge in [0.05, 0.1) is 8.22 Å². The van der Waals surface area contributed by atoms with Crippen LogP contribution in [0.1, 0.15) is 17.8 Å². The standard InChI is InChI=1S/C9H11NO2/c1-7(10)9(11)12-8-5-3-2-4-6-8/h2-7H,10H2,1H3/t7-/m0/s1/i1D2,2D,3D,4D,5D,6D,7D. The third kappa shape index (κ3) is 2.36. The van der Waals surface area contributed by atoms with Gasteiger partial charge in [-0.2, -0.15) is 0 Å². The topological polar surface area (TPSA) is 52.3 Å². The predicted molar refractivity (Wildman–Crippen MR) is 45.7 cm³/mol. The second kappa shape index (κ2) is 3.88. The van der Waals surface area contributed by atoms with Crippen molar-refractivity contribution >= 4 is 5.97 Å². The first kappa shape index (κ1) is 2.85. The van der Waals surface area contributed by atoms with E-state index in [1.165, 1.54) is 0 Å². The predicted octanol–water partition coefficient (Wildman–Crippen LogP) is 0.939. The fraction of sp³-hybridized carbons (Fsp3) is 0.222. The molecule has 0 aliphatic carbocycles. The van der Waals surface area contributed by atoms with Gasteiger partial charge in [0.15, 0.2) is 0 Å². The lowest BCUT2D eigenvalue weighted by molar-refractivity contribution is -0.135. The molecule has 0 aromatic heterocycles. The maximum absolute atomic E-state index is 11.6. The van der Waals surface area contributed by atoms with Crippen LogP contribution in [-0.2, 0) is 4.79 Å². The summed E-state index contributed by atoms with van der Waals surface area (Å²) in [5.74, 6) is -2.34. The quantitative estimate of drug-likeness (QED) is 0.535. The van der Waals surface area contributed by atoms with Gasteiger partial charge in [-0.25, -0.2) is 4.79 Å². The first-order valence-corrected chi connectivity index (χ1v) is 2.94. The monoisotopic (exact) mass is 173 g/mol. The van der Waals surface area contributed by atoms with Crippen molar-refractivity contribution in [2.24, 2.45) is 5.73 Å². The van der Waals surface area contributed by atoms with Crippen LogP contribution in [0.25, 0.3) is 0 Å².